The van der Waals surface area contributed by atoms with Crippen LogP contribution in [0.4, 0.5) is 0 Å². The van der Waals surface area contributed by atoms with Gasteiger partial charge in [-0.1, -0.05) is 0 Å². The van der Waals surface area contributed by atoms with Crippen LogP contribution in [-0.4, -0.2) is 35.2 Å². The second kappa shape index (κ2) is 3.88. The molecule has 1 heterocycles. The Morgan fingerprint density at radius 2 is 2.07 bits per heavy atom. The first-order valence-electron chi connectivity index (χ1n) is 5.21. The molecule has 0 aliphatic carbocycles. The molecule has 1 rings (SSSR count). The average molecular weight is 196 g/mol. The summed E-state index contributed by atoms with van der Waals surface area (Å²) in [5.41, 5.74) is -0.669. The highest BCUT2D eigenvalue weighted by atomic mass is 16.3. The average Bonchev–Trinajstić information content (AvgIpc) is 2.01. The third kappa shape index (κ3) is 3.28. The smallest absolute Gasteiger partial charge is 0.0872 e. The van der Waals surface area contributed by atoms with E-state index < -0.39 is 5.60 Å². The van der Waals surface area contributed by atoms with Gasteiger partial charge in [0.25, 0.3) is 0 Å². The second-order valence-electron chi connectivity index (χ2n) is 5.31. The van der Waals surface area contributed by atoms with E-state index in [9.17, 15) is 5.11 Å². The first kappa shape index (κ1) is 11.5. The summed E-state index contributed by atoms with van der Waals surface area (Å²) in [6.07, 6.45) is 1.97. The summed E-state index contributed by atoms with van der Waals surface area (Å²) in [5, 5.41) is 18.3. The SMILES string of the molecule is CC(C)(C#N)CCCN1CC(C)(O)C1. The Hall–Kier alpha value is -0.590. The van der Waals surface area contributed by atoms with Crippen molar-refractivity contribution in [1.29, 1.82) is 5.26 Å². The number of nitriles is 1. The van der Waals surface area contributed by atoms with E-state index in [-0.39, 0.29) is 5.41 Å². The van der Waals surface area contributed by atoms with Crippen LogP contribution in [0, 0.1) is 16.7 Å². The fourth-order valence-corrected chi connectivity index (χ4v) is 1.88. The van der Waals surface area contributed by atoms with Crippen molar-refractivity contribution in [2.75, 3.05) is 19.6 Å². The maximum atomic E-state index is 9.49. The molecule has 1 fully saturated rings. The number of β-amino-alcohol motifs (C(OH)–C–C–N with tert-alkyl or cyclic N) is 1. The van der Waals surface area contributed by atoms with Crippen molar-refractivity contribution in [3.63, 3.8) is 0 Å². The van der Waals surface area contributed by atoms with E-state index in [1.54, 1.807) is 0 Å². The summed E-state index contributed by atoms with van der Waals surface area (Å²) in [5.74, 6) is 0. The van der Waals surface area contributed by atoms with Gasteiger partial charge in [-0.2, -0.15) is 5.26 Å². The summed E-state index contributed by atoms with van der Waals surface area (Å²) in [7, 11) is 0. The molecule has 80 valence electrons. The van der Waals surface area contributed by atoms with Crippen molar-refractivity contribution in [1.82, 2.24) is 4.90 Å². The largest absolute Gasteiger partial charge is 0.388 e. The number of rotatable bonds is 4. The minimum Gasteiger partial charge on any atom is -0.388 e. The molecule has 0 aromatic heterocycles. The zero-order valence-corrected chi connectivity index (χ0v) is 9.38. The number of aliphatic hydroxyl groups is 1. The van der Waals surface area contributed by atoms with Gasteiger partial charge in [0.2, 0.25) is 0 Å². The van der Waals surface area contributed by atoms with Crippen molar-refractivity contribution < 1.29 is 5.11 Å². The van der Waals surface area contributed by atoms with E-state index in [0.29, 0.717) is 0 Å². The molecule has 0 radical (unpaired) electrons. The summed E-state index contributed by atoms with van der Waals surface area (Å²) >= 11 is 0. The molecule has 1 aliphatic rings. The van der Waals surface area contributed by atoms with Crippen LogP contribution in [0.5, 0.6) is 0 Å². The van der Waals surface area contributed by atoms with Crippen molar-refractivity contribution in [2.45, 2.75) is 39.2 Å². The van der Waals surface area contributed by atoms with Crippen LogP contribution < -0.4 is 0 Å². The van der Waals surface area contributed by atoms with E-state index in [4.69, 9.17) is 5.26 Å². The minimum atomic E-state index is -0.468. The molecule has 0 atom stereocenters. The molecule has 14 heavy (non-hydrogen) atoms. The van der Waals surface area contributed by atoms with Crippen LogP contribution in [0.15, 0.2) is 0 Å². The maximum Gasteiger partial charge on any atom is 0.0872 e. The molecule has 0 aromatic rings. The van der Waals surface area contributed by atoms with Crippen LogP contribution in [0.1, 0.15) is 33.6 Å². The molecule has 1 aliphatic heterocycles. The Kier molecular flexibility index (Phi) is 3.18. The summed E-state index contributed by atoms with van der Waals surface area (Å²) in [6, 6.07) is 2.30. The van der Waals surface area contributed by atoms with Gasteiger partial charge >= 0.3 is 0 Å². The lowest BCUT2D eigenvalue weighted by Crippen LogP contribution is -2.59. The number of hydrogen-bond donors (Lipinski definition) is 1. The Labute approximate surface area is 86.3 Å². The highest BCUT2D eigenvalue weighted by molar-refractivity contribution is 4.93. The third-order valence-corrected chi connectivity index (χ3v) is 2.71. The van der Waals surface area contributed by atoms with Gasteiger partial charge in [-0.05, 0) is 40.2 Å². The Morgan fingerprint density at radius 3 is 2.50 bits per heavy atom. The van der Waals surface area contributed by atoms with Crippen molar-refractivity contribution >= 4 is 0 Å². The first-order valence-corrected chi connectivity index (χ1v) is 5.21. The quantitative estimate of drug-likeness (QED) is 0.739. The van der Waals surface area contributed by atoms with Crippen LogP contribution in [0.25, 0.3) is 0 Å². The summed E-state index contributed by atoms with van der Waals surface area (Å²) < 4.78 is 0. The second-order valence-corrected chi connectivity index (χ2v) is 5.31. The van der Waals surface area contributed by atoms with E-state index in [1.165, 1.54) is 0 Å². The fraction of sp³-hybridized carbons (Fsp3) is 0.909. The van der Waals surface area contributed by atoms with Gasteiger partial charge < -0.3 is 5.11 Å². The molecule has 0 spiro atoms. The van der Waals surface area contributed by atoms with E-state index in [1.807, 2.05) is 20.8 Å². The van der Waals surface area contributed by atoms with Gasteiger partial charge in [0.05, 0.1) is 17.1 Å². The van der Waals surface area contributed by atoms with Crippen LogP contribution >= 0.6 is 0 Å². The van der Waals surface area contributed by atoms with Gasteiger partial charge in [0, 0.05) is 13.1 Å². The van der Waals surface area contributed by atoms with Crippen molar-refractivity contribution in [3.8, 4) is 6.07 Å². The molecule has 0 bridgehead atoms. The minimum absolute atomic E-state index is 0.201. The van der Waals surface area contributed by atoms with Crippen molar-refractivity contribution in [3.05, 3.63) is 0 Å². The zero-order valence-electron chi connectivity index (χ0n) is 9.38. The lowest BCUT2D eigenvalue weighted by Gasteiger charge is -2.44. The molecule has 0 amide bonds. The lowest BCUT2D eigenvalue weighted by molar-refractivity contribution is -0.0837. The normalized spacial score (nSPS) is 21.4. The van der Waals surface area contributed by atoms with Gasteiger partial charge in [0.15, 0.2) is 0 Å². The fourth-order valence-electron chi connectivity index (χ4n) is 1.88. The highest BCUT2D eigenvalue weighted by Crippen LogP contribution is 2.24. The summed E-state index contributed by atoms with van der Waals surface area (Å²) in [4.78, 5) is 2.23. The predicted molar refractivity (Wildman–Crippen MR) is 55.7 cm³/mol. The highest BCUT2D eigenvalue weighted by Gasteiger charge is 2.35. The van der Waals surface area contributed by atoms with Crippen LogP contribution in [0.2, 0.25) is 0 Å². The molecule has 0 aromatic carbocycles. The van der Waals surface area contributed by atoms with Crippen LogP contribution in [-0.2, 0) is 0 Å². The first-order chi connectivity index (χ1) is 6.35. The monoisotopic (exact) mass is 196 g/mol. The van der Waals surface area contributed by atoms with Gasteiger partial charge in [-0.25, -0.2) is 0 Å². The molecular formula is C11H20N2O. The molecular weight excluding hydrogens is 176 g/mol. The summed E-state index contributed by atoms with van der Waals surface area (Å²) in [6.45, 7) is 8.36. The maximum absolute atomic E-state index is 9.49. The van der Waals surface area contributed by atoms with E-state index in [2.05, 4.69) is 11.0 Å². The van der Waals surface area contributed by atoms with Crippen molar-refractivity contribution in [2.24, 2.45) is 5.41 Å². The number of likely N-dealkylation sites (tertiary alicyclic amines) is 1. The standard InChI is InChI=1S/C11H20N2O/c1-10(2,7-12)5-4-6-13-8-11(3,14)9-13/h14H,4-6,8-9H2,1-3H3. The van der Waals surface area contributed by atoms with E-state index in [0.717, 1.165) is 32.5 Å². The Balaban J connectivity index is 2.10. The zero-order chi connectivity index (χ0) is 10.8. The molecule has 3 nitrogen and oxygen atoms in total. The number of nitrogens with zero attached hydrogens (tertiary/aromatic N) is 2. The van der Waals surface area contributed by atoms with Gasteiger partial charge in [-0.15, -0.1) is 0 Å². The molecule has 1 saturated heterocycles. The Morgan fingerprint density at radius 1 is 1.50 bits per heavy atom. The van der Waals surface area contributed by atoms with Crippen LogP contribution in [0.3, 0.4) is 0 Å². The molecule has 0 unspecified atom stereocenters. The molecule has 3 heteroatoms. The predicted octanol–water partition coefficient (Wildman–Crippen LogP) is 1.38. The third-order valence-electron chi connectivity index (χ3n) is 2.71. The lowest BCUT2D eigenvalue weighted by atomic mass is 9.89. The Bertz CT molecular complexity index is 232. The molecule has 0 saturated carbocycles. The van der Waals surface area contributed by atoms with Gasteiger partial charge in [-0.3, -0.25) is 4.90 Å². The molecule has 1 N–H and O–H groups in total. The topological polar surface area (TPSA) is 47.3 Å². The van der Waals surface area contributed by atoms with E-state index >= 15 is 0 Å². The number of hydrogen-bond acceptors (Lipinski definition) is 3. The van der Waals surface area contributed by atoms with Gasteiger partial charge in [0.1, 0.15) is 0 Å².